The lowest BCUT2D eigenvalue weighted by atomic mass is 10.0. The van der Waals surface area contributed by atoms with Crippen LogP contribution in [0, 0.1) is 5.92 Å². The molecule has 0 saturated carbocycles. The largest absolute Gasteiger partial charge is 0.310 e. The predicted molar refractivity (Wildman–Crippen MR) is 78.7 cm³/mol. The molecule has 0 fully saturated rings. The zero-order chi connectivity index (χ0) is 12.7. The van der Waals surface area contributed by atoms with Crippen LogP contribution < -0.4 is 5.32 Å². The summed E-state index contributed by atoms with van der Waals surface area (Å²) in [5.74, 6) is 1.94. The molecular formula is C15H25NS. The fourth-order valence-electron chi connectivity index (χ4n) is 1.88. The maximum atomic E-state index is 3.56. The molecule has 1 N–H and O–H groups in total. The standard InChI is InChI=1S/C15H25NS/c1-5-14(16-6-2)13-9-7-8-10-15(13)17-11-12(3)4/h7-10,12,14,16H,5-6,11H2,1-4H3. The van der Waals surface area contributed by atoms with Gasteiger partial charge in [-0.15, -0.1) is 11.8 Å². The van der Waals surface area contributed by atoms with E-state index in [9.17, 15) is 0 Å². The van der Waals surface area contributed by atoms with Crippen molar-refractivity contribution in [1.29, 1.82) is 0 Å². The first-order chi connectivity index (χ1) is 8.19. The maximum absolute atomic E-state index is 3.56. The second-order valence-corrected chi connectivity index (χ2v) is 5.82. The van der Waals surface area contributed by atoms with E-state index in [0.717, 1.165) is 18.9 Å². The van der Waals surface area contributed by atoms with Gasteiger partial charge in [-0.25, -0.2) is 0 Å². The Bertz CT molecular complexity index is 322. The summed E-state index contributed by atoms with van der Waals surface area (Å²) in [6, 6.07) is 9.30. The molecule has 0 bridgehead atoms. The highest BCUT2D eigenvalue weighted by molar-refractivity contribution is 7.99. The summed E-state index contributed by atoms with van der Waals surface area (Å²) >= 11 is 1.98. The summed E-state index contributed by atoms with van der Waals surface area (Å²) in [7, 11) is 0. The molecule has 17 heavy (non-hydrogen) atoms. The normalized spacial score (nSPS) is 13.0. The van der Waals surface area contributed by atoms with Gasteiger partial charge in [-0.2, -0.15) is 0 Å². The minimum absolute atomic E-state index is 0.496. The first-order valence-corrected chi connectivity index (χ1v) is 7.62. The molecular weight excluding hydrogens is 226 g/mol. The third kappa shape index (κ3) is 4.72. The van der Waals surface area contributed by atoms with Gasteiger partial charge in [0.25, 0.3) is 0 Å². The van der Waals surface area contributed by atoms with Crippen molar-refractivity contribution in [3.63, 3.8) is 0 Å². The van der Waals surface area contributed by atoms with Gasteiger partial charge >= 0.3 is 0 Å². The molecule has 1 nitrogen and oxygen atoms in total. The molecule has 2 heteroatoms. The first-order valence-electron chi connectivity index (χ1n) is 6.64. The van der Waals surface area contributed by atoms with Gasteiger partial charge in [0.1, 0.15) is 0 Å². The number of nitrogens with one attached hydrogen (secondary N) is 1. The minimum Gasteiger partial charge on any atom is -0.310 e. The molecule has 1 aromatic carbocycles. The van der Waals surface area contributed by atoms with Gasteiger partial charge in [-0.3, -0.25) is 0 Å². The maximum Gasteiger partial charge on any atom is 0.0328 e. The average molecular weight is 251 g/mol. The SMILES string of the molecule is CCNC(CC)c1ccccc1SCC(C)C. The second kappa shape index (κ2) is 7.78. The van der Waals surface area contributed by atoms with Gasteiger partial charge in [0.05, 0.1) is 0 Å². The van der Waals surface area contributed by atoms with Crippen molar-refractivity contribution in [2.45, 2.75) is 45.1 Å². The number of hydrogen-bond acceptors (Lipinski definition) is 2. The van der Waals surface area contributed by atoms with E-state index in [1.165, 1.54) is 16.2 Å². The van der Waals surface area contributed by atoms with E-state index in [-0.39, 0.29) is 0 Å². The van der Waals surface area contributed by atoms with E-state index >= 15 is 0 Å². The molecule has 0 aliphatic carbocycles. The Hall–Kier alpha value is -0.470. The van der Waals surface area contributed by atoms with Crippen LogP contribution in [0.5, 0.6) is 0 Å². The van der Waals surface area contributed by atoms with E-state index in [1.54, 1.807) is 0 Å². The van der Waals surface area contributed by atoms with Gasteiger partial charge in [-0.1, -0.05) is 45.9 Å². The lowest BCUT2D eigenvalue weighted by molar-refractivity contribution is 0.530. The van der Waals surface area contributed by atoms with Gasteiger partial charge in [0, 0.05) is 16.7 Å². The van der Waals surface area contributed by atoms with Crippen molar-refractivity contribution in [2.75, 3.05) is 12.3 Å². The molecule has 0 aliphatic heterocycles. The number of hydrogen-bond donors (Lipinski definition) is 1. The van der Waals surface area contributed by atoms with Gasteiger partial charge < -0.3 is 5.32 Å². The average Bonchev–Trinajstić information content (AvgIpc) is 2.34. The second-order valence-electron chi connectivity index (χ2n) is 4.76. The first kappa shape index (κ1) is 14.6. The van der Waals surface area contributed by atoms with E-state index in [4.69, 9.17) is 0 Å². The summed E-state index contributed by atoms with van der Waals surface area (Å²) in [4.78, 5) is 1.44. The number of rotatable bonds is 7. The van der Waals surface area contributed by atoms with Crippen LogP contribution in [0.3, 0.4) is 0 Å². The van der Waals surface area contributed by atoms with Crippen LogP contribution in [0.1, 0.15) is 45.7 Å². The topological polar surface area (TPSA) is 12.0 Å². The highest BCUT2D eigenvalue weighted by Crippen LogP contribution is 2.30. The summed E-state index contributed by atoms with van der Waals surface area (Å²) in [5, 5.41) is 3.56. The monoisotopic (exact) mass is 251 g/mol. The Morgan fingerprint density at radius 2 is 1.88 bits per heavy atom. The van der Waals surface area contributed by atoms with Crippen LogP contribution in [-0.4, -0.2) is 12.3 Å². The smallest absolute Gasteiger partial charge is 0.0328 e. The molecule has 0 saturated heterocycles. The molecule has 0 spiro atoms. The Morgan fingerprint density at radius 3 is 2.47 bits per heavy atom. The Balaban J connectivity index is 2.81. The number of thioether (sulfide) groups is 1. The van der Waals surface area contributed by atoms with Crippen molar-refractivity contribution < 1.29 is 0 Å². The van der Waals surface area contributed by atoms with Gasteiger partial charge in [0.15, 0.2) is 0 Å². The Morgan fingerprint density at radius 1 is 1.18 bits per heavy atom. The van der Waals surface area contributed by atoms with Crippen LogP contribution in [0.25, 0.3) is 0 Å². The molecule has 0 amide bonds. The lowest BCUT2D eigenvalue weighted by Crippen LogP contribution is -2.20. The summed E-state index contributed by atoms with van der Waals surface area (Å²) in [5.41, 5.74) is 1.46. The van der Waals surface area contributed by atoms with Crippen LogP contribution in [-0.2, 0) is 0 Å². The molecule has 1 atom stereocenters. The Kier molecular flexibility index (Phi) is 6.68. The predicted octanol–water partition coefficient (Wildman–Crippen LogP) is 4.50. The highest BCUT2D eigenvalue weighted by atomic mass is 32.2. The fraction of sp³-hybridized carbons (Fsp3) is 0.600. The molecule has 1 rings (SSSR count). The van der Waals surface area contributed by atoms with Crippen molar-refractivity contribution in [3.8, 4) is 0 Å². The van der Waals surface area contributed by atoms with Crippen molar-refractivity contribution in [2.24, 2.45) is 5.92 Å². The van der Waals surface area contributed by atoms with Crippen LogP contribution in [0.15, 0.2) is 29.2 Å². The van der Waals surface area contributed by atoms with Crippen molar-refractivity contribution in [1.82, 2.24) is 5.32 Å². The van der Waals surface area contributed by atoms with Crippen LogP contribution in [0.2, 0.25) is 0 Å². The van der Waals surface area contributed by atoms with E-state index in [0.29, 0.717) is 6.04 Å². The molecule has 0 radical (unpaired) electrons. The quantitative estimate of drug-likeness (QED) is 0.716. The minimum atomic E-state index is 0.496. The van der Waals surface area contributed by atoms with Crippen LogP contribution >= 0.6 is 11.8 Å². The molecule has 0 aromatic heterocycles. The van der Waals surface area contributed by atoms with Gasteiger partial charge in [-0.05, 0) is 30.5 Å². The van der Waals surface area contributed by atoms with Crippen molar-refractivity contribution >= 4 is 11.8 Å². The van der Waals surface area contributed by atoms with Crippen LogP contribution in [0.4, 0.5) is 0 Å². The third-order valence-electron chi connectivity index (χ3n) is 2.73. The summed E-state index contributed by atoms with van der Waals surface area (Å²) < 4.78 is 0. The van der Waals surface area contributed by atoms with Gasteiger partial charge in [0.2, 0.25) is 0 Å². The fourth-order valence-corrected chi connectivity index (χ4v) is 2.94. The number of benzene rings is 1. The molecule has 1 aromatic rings. The van der Waals surface area contributed by atoms with Crippen molar-refractivity contribution in [3.05, 3.63) is 29.8 Å². The highest BCUT2D eigenvalue weighted by Gasteiger charge is 2.12. The van der Waals surface area contributed by atoms with E-state index < -0.39 is 0 Å². The zero-order valence-electron chi connectivity index (χ0n) is 11.5. The Labute approximate surface area is 110 Å². The van der Waals surface area contributed by atoms with E-state index in [2.05, 4.69) is 57.3 Å². The van der Waals surface area contributed by atoms with E-state index in [1.807, 2.05) is 11.8 Å². The molecule has 0 heterocycles. The molecule has 96 valence electrons. The molecule has 0 aliphatic rings. The molecule has 1 unspecified atom stereocenters. The third-order valence-corrected chi connectivity index (χ3v) is 4.24. The lowest BCUT2D eigenvalue weighted by Gasteiger charge is -2.20. The summed E-state index contributed by atoms with van der Waals surface area (Å²) in [6.45, 7) is 10.00. The zero-order valence-corrected chi connectivity index (χ0v) is 12.3. The summed E-state index contributed by atoms with van der Waals surface area (Å²) in [6.07, 6.45) is 1.15.